The van der Waals surface area contributed by atoms with Crippen molar-refractivity contribution in [1.82, 2.24) is 0 Å². The number of ether oxygens (including phenoxy) is 1. The van der Waals surface area contributed by atoms with E-state index >= 15 is 0 Å². The number of aryl methyl sites for hydroxylation is 1. The summed E-state index contributed by atoms with van der Waals surface area (Å²) in [5, 5.41) is 0.190. The molecule has 1 heterocycles. The maximum absolute atomic E-state index is 12.9. The first-order chi connectivity index (χ1) is 15.3. The number of hydrogen-bond donors (Lipinski definition) is 0. The van der Waals surface area contributed by atoms with Gasteiger partial charge < -0.3 is 4.74 Å². The Bertz CT molecular complexity index is 1220. The Balaban J connectivity index is 1.54. The molecule has 3 aromatic rings. The lowest BCUT2D eigenvalue weighted by molar-refractivity contribution is -0.113. The van der Waals surface area contributed by atoms with Gasteiger partial charge in [0.1, 0.15) is 12.4 Å². The van der Waals surface area contributed by atoms with Crippen molar-refractivity contribution in [3.8, 4) is 5.75 Å². The highest BCUT2D eigenvalue weighted by molar-refractivity contribution is 9.11. The lowest BCUT2D eigenvalue weighted by atomic mass is 10.1. The first-order valence-corrected chi connectivity index (χ1v) is 12.3. The summed E-state index contributed by atoms with van der Waals surface area (Å²) < 4.78 is 7.47. The first kappa shape index (κ1) is 23.1. The minimum Gasteiger partial charge on any atom is -0.487 e. The molecule has 0 radical (unpaired) electrons. The lowest BCUT2D eigenvalue weighted by Crippen LogP contribution is -2.27. The molecule has 1 aliphatic rings. The second-order valence-corrected chi connectivity index (χ2v) is 10.2. The zero-order valence-corrected chi connectivity index (χ0v) is 21.5. The van der Waals surface area contributed by atoms with Crippen molar-refractivity contribution in [2.24, 2.45) is 0 Å². The van der Waals surface area contributed by atoms with Gasteiger partial charge in [-0.3, -0.25) is 9.59 Å². The van der Waals surface area contributed by atoms with Gasteiger partial charge in [0.15, 0.2) is 0 Å². The van der Waals surface area contributed by atoms with Gasteiger partial charge in [0, 0.05) is 5.02 Å². The van der Waals surface area contributed by atoms with E-state index in [0.717, 1.165) is 36.7 Å². The van der Waals surface area contributed by atoms with Crippen LogP contribution in [0.4, 0.5) is 10.5 Å². The van der Waals surface area contributed by atoms with E-state index < -0.39 is 0 Å². The van der Waals surface area contributed by atoms with Gasteiger partial charge in [-0.2, -0.15) is 0 Å². The van der Waals surface area contributed by atoms with E-state index in [9.17, 15) is 9.59 Å². The normalized spacial score (nSPS) is 15.0. The fourth-order valence-electron chi connectivity index (χ4n) is 3.19. The fourth-order valence-corrected chi connectivity index (χ4v) is 5.61. The molecule has 1 aliphatic heterocycles. The Hall–Kier alpha value is -2.06. The van der Waals surface area contributed by atoms with Crippen molar-refractivity contribution >= 4 is 78.1 Å². The molecular weight excluding hydrogens is 578 g/mol. The fraction of sp³-hybridized carbons (Fsp3) is 0.0833. The number of halogens is 3. The Labute approximate surface area is 211 Å². The smallest absolute Gasteiger partial charge is 0.298 e. The van der Waals surface area contributed by atoms with Crippen molar-refractivity contribution in [2.75, 3.05) is 4.90 Å². The van der Waals surface area contributed by atoms with E-state index in [1.165, 1.54) is 5.56 Å². The summed E-state index contributed by atoms with van der Waals surface area (Å²) in [5.41, 5.74) is 3.49. The largest absolute Gasteiger partial charge is 0.487 e. The van der Waals surface area contributed by atoms with Crippen LogP contribution in [0.3, 0.4) is 0 Å². The van der Waals surface area contributed by atoms with Gasteiger partial charge in [0.2, 0.25) is 0 Å². The average Bonchev–Trinajstić information content (AvgIpc) is 3.01. The summed E-state index contributed by atoms with van der Waals surface area (Å²) in [5.74, 6) is 0.298. The standard InChI is InChI=1S/C24H16Br2ClNO3S/c1-14-3-2-4-15(9-14)13-31-22-19(25)10-16(11-20(22)26)12-21-23(29)28(24(30)32-21)18-7-5-17(27)6-8-18/h2-12H,13H2,1H3/b21-12+. The maximum atomic E-state index is 12.9. The van der Waals surface area contributed by atoms with Gasteiger partial charge in [0.05, 0.1) is 19.5 Å². The van der Waals surface area contributed by atoms with Crippen LogP contribution < -0.4 is 9.64 Å². The van der Waals surface area contributed by atoms with Crippen LogP contribution in [0.5, 0.6) is 5.75 Å². The Morgan fingerprint density at radius 3 is 2.38 bits per heavy atom. The molecule has 2 amide bonds. The molecule has 8 heteroatoms. The van der Waals surface area contributed by atoms with Gasteiger partial charge in [-0.05, 0) is 104 Å². The molecular formula is C24H16Br2ClNO3S. The highest BCUT2D eigenvalue weighted by atomic mass is 79.9. The summed E-state index contributed by atoms with van der Waals surface area (Å²) in [6.07, 6.45) is 1.70. The molecule has 0 bridgehead atoms. The summed E-state index contributed by atoms with van der Waals surface area (Å²) in [7, 11) is 0. The van der Waals surface area contributed by atoms with Crippen molar-refractivity contribution in [3.63, 3.8) is 0 Å². The summed E-state index contributed by atoms with van der Waals surface area (Å²) >= 11 is 13.9. The van der Waals surface area contributed by atoms with E-state index in [1.54, 1.807) is 30.3 Å². The number of imide groups is 1. The maximum Gasteiger partial charge on any atom is 0.298 e. The van der Waals surface area contributed by atoms with Gasteiger partial charge in [0.25, 0.3) is 11.1 Å². The third kappa shape index (κ3) is 5.12. The molecule has 0 saturated carbocycles. The van der Waals surface area contributed by atoms with Crippen LogP contribution in [0.1, 0.15) is 16.7 Å². The van der Waals surface area contributed by atoms with Crippen molar-refractivity contribution in [1.29, 1.82) is 0 Å². The molecule has 0 unspecified atom stereocenters. The quantitative estimate of drug-likeness (QED) is 0.281. The molecule has 0 aliphatic carbocycles. The minimum absolute atomic E-state index is 0.345. The van der Waals surface area contributed by atoms with E-state index in [-0.39, 0.29) is 11.1 Å². The summed E-state index contributed by atoms with van der Waals surface area (Å²) in [6.45, 7) is 2.47. The van der Waals surface area contributed by atoms with Crippen LogP contribution in [-0.4, -0.2) is 11.1 Å². The number of carbonyl (C=O) groups is 2. The third-order valence-electron chi connectivity index (χ3n) is 4.66. The predicted octanol–water partition coefficient (Wildman–Crippen LogP) is 7.99. The van der Waals surface area contributed by atoms with Crippen LogP contribution >= 0.6 is 55.2 Å². The number of rotatable bonds is 5. The number of anilines is 1. The molecule has 0 atom stereocenters. The number of thioether (sulfide) groups is 1. The highest BCUT2D eigenvalue weighted by Crippen LogP contribution is 2.39. The molecule has 0 spiro atoms. The average molecular weight is 594 g/mol. The molecule has 4 rings (SSSR count). The lowest BCUT2D eigenvalue weighted by Gasteiger charge is -2.13. The first-order valence-electron chi connectivity index (χ1n) is 9.53. The predicted molar refractivity (Wildman–Crippen MR) is 137 cm³/mol. The Kier molecular flexibility index (Phi) is 7.10. The highest BCUT2D eigenvalue weighted by Gasteiger charge is 2.36. The number of benzene rings is 3. The second kappa shape index (κ2) is 9.83. The van der Waals surface area contributed by atoms with Gasteiger partial charge >= 0.3 is 0 Å². The van der Waals surface area contributed by atoms with Gasteiger partial charge in [-0.15, -0.1) is 0 Å². The molecule has 0 aromatic heterocycles. The topological polar surface area (TPSA) is 46.6 Å². The zero-order chi connectivity index (χ0) is 22.8. The van der Waals surface area contributed by atoms with Crippen LogP contribution in [-0.2, 0) is 11.4 Å². The summed E-state index contributed by atoms with van der Waals surface area (Å²) in [6, 6.07) is 18.4. The van der Waals surface area contributed by atoms with E-state index in [1.807, 2.05) is 37.3 Å². The Morgan fingerprint density at radius 2 is 1.72 bits per heavy atom. The van der Waals surface area contributed by atoms with Crippen molar-refractivity contribution in [3.05, 3.63) is 96.2 Å². The molecule has 32 heavy (non-hydrogen) atoms. The van der Waals surface area contributed by atoms with E-state index in [4.69, 9.17) is 16.3 Å². The minimum atomic E-state index is -0.366. The van der Waals surface area contributed by atoms with Gasteiger partial charge in [-0.1, -0.05) is 41.4 Å². The van der Waals surface area contributed by atoms with Crippen LogP contribution in [0.15, 0.2) is 74.5 Å². The molecule has 1 saturated heterocycles. The molecule has 162 valence electrons. The zero-order valence-electron chi connectivity index (χ0n) is 16.8. The van der Waals surface area contributed by atoms with Crippen molar-refractivity contribution < 1.29 is 14.3 Å². The van der Waals surface area contributed by atoms with Crippen molar-refractivity contribution in [2.45, 2.75) is 13.5 Å². The monoisotopic (exact) mass is 591 g/mol. The SMILES string of the molecule is Cc1cccc(COc2c(Br)cc(/C=C3/SC(=O)N(c4ccc(Cl)cc4)C3=O)cc2Br)c1. The molecule has 0 N–H and O–H groups in total. The van der Waals surface area contributed by atoms with Gasteiger partial charge in [-0.25, -0.2) is 4.90 Å². The number of hydrogen-bond acceptors (Lipinski definition) is 4. The number of nitrogens with zero attached hydrogens (tertiary/aromatic N) is 1. The number of amides is 2. The van der Waals surface area contributed by atoms with Crippen LogP contribution in [0, 0.1) is 6.92 Å². The molecule has 3 aromatic carbocycles. The third-order valence-corrected chi connectivity index (χ3v) is 6.96. The van der Waals surface area contributed by atoms with Crippen LogP contribution in [0.25, 0.3) is 6.08 Å². The summed E-state index contributed by atoms with van der Waals surface area (Å²) in [4.78, 5) is 26.8. The second-order valence-electron chi connectivity index (χ2n) is 7.08. The Morgan fingerprint density at radius 1 is 1.03 bits per heavy atom. The van der Waals surface area contributed by atoms with E-state index in [0.29, 0.717) is 28.0 Å². The molecule has 1 fully saturated rings. The van der Waals surface area contributed by atoms with Crippen LogP contribution in [0.2, 0.25) is 5.02 Å². The number of carbonyl (C=O) groups excluding carboxylic acids is 2. The molecule has 4 nitrogen and oxygen atoms in total. The van der Waals surface area contributed by atoms with E-state index in [2.05, 4.69) is 37.9 Å².